The summed E-state index contributed by atoms with van der Waals surface area (Å²) in [5.41, 5.74) is 0.900. The number of rotatable bonds is 10. The van der Waals surface area contributed by atoms with E-state index >= 15 is 0 Å². The van der Waals surface area contributed by atoms with E-state index in [2.05, 4.69) is 20.3 Å². The molecule has 0 bridgehead atoms. The number of guanidine groups is 1. The third kappa shape index (κ3) is 10.2. The first-order valence-electron chi connectivity index (χ1n) is 9.26. The van der Waals surface area contributed by atoms with Gasteiger partial charge in [0.1, 0.15) is 17.7 Å². The van der Waals surface area contributed by atoms with E-state index in [4.69, 9.17) is 4.74 Å². The number of nitrogens with zero attached hydrogens (tertiary/aromatic N) is 1. The van der Waals surface area contributed by atoms with Gasteiger partial charge in [-0.05, 0) is 36.8 Å². The molecule has 0 fully saturated rings. The first-order chi connectivity index (χ1) is 13.9. The minimum absolute atomic E-state index is 0. The Hall–Kier alpha value is -1.92. The lowest BCUT2D eigenvalue weighted by Crippen LogP contribution is -2.44. The molecule has 0 aromatic heterocycles. The standard InChI is InChI=1S/C20H27FN4O3S.HI/c1-16(28-19-10-8-18(21)9-11-19)14-24-20(22-2)23-12-13-29(26,27)25-15-17-6-4-3-5-7-17;/h3-11,16,25H,12-15H2,1-2H3,(H2,22,23,24);1H. The summed E-state index contributed by atoms with van der Waals surface area (Å²) in [6.07, 6.45) is -0.199. The van der Waals surface area contributed by atoms with Gasteiger partial charge in [-0.2, -0.15) is 0 Å². The van der Waals surface area contributed by atoms with Gasteiger partial charge in [0.2, 0.25) is 10.0 Å². The molecule has 0 spiro atoms. The number of ether oxygens (including phenoxy) is 1. The molecule has 7 nitrogen and oxygen atoms in total. The fourth-order valence-corrected chi connectivity index (χ4v) is 3.31. The summed E-state index contributed by atoms with van der Waals surface area (Å²) in [5.74, 6) is 0.639. The van der Waals surface area contributed by atoms with Gasteiger partial charge in [-0.15, -0.1) is 24.0 Å². The average molecular weight is 550 g/mol. The second kappa shape index (κ2) is 13.4. The van der Waals surface area contributed by atoms with Crippen LogP contribution in [0.1, 0.15) is 12.5 Å². The van der Waals surface area contributed by atoms with Crippen LogP contribution in [0.2, 0.25) is 0 Å². The highest BCUT2D eigenvalue weighted by molar-refractivity contribution is 14.0. The minimum atomic E-state index is -3.41. The molecule has 2 rings (SSSR count). The lowest BCUT2D eigenvalue weighted by Gasteiger charge is -2.18. The maximum atomic E-state index is 12.9. The molecule has 3 N–H and O–H groups in total. The first kappa shape index (κ1) is 26.1. The molecule has 0 aliphatic heterocycles. The van der Waals surface area contributed by atoms with Crippen LogP contribution in [0.5, 0.6) is 5.75 Å². The van der Waals surface area contributed by atoms with Gasteiger partial charge in [0.15, 0.2) is 5.96 Å². The lowest BCUT2D eigenvalue weighted by atomic mass is 10.2. The summed E-state index contributed by atoms with van der Waals surface area (Å²) in [6.45, 7) is 2.77. The smallest absolute Gasteiger partial charge is 0.213 e. The molecule has 30 heavy (non-hydrogen) atoms. The quantitative estimate of drug-likeness (QED) is 0.240. The summed E-state index contributed by atoms with van der Waals surface area (Å²) >= 11 is 0. The van der Waals surface area contributed by atoms with E-state index in [-0.39, 0.29) is 54.7 Å². The van der Waals surface area contributed by atoms with Crippen LogP contribution >= 0.6 is 24.0 Å². The summed E-state index contributed by atoms with van der Waals surface area (Å²) in [7, 11) is -1.81. The van der Waals surface area contributed by atoms with Crippen LogP contribution in [0.15, 0.2) is 59.6 Å². The van der Waals surface area contributed by atoms with Gasteiger partial charge in [0.25, 0.3) is 0 Å². The molecule has 0 aliphatic carbocycles. The van der Waals surface area contributed by atoms with Crippen LogP contribution in [0, 0.1) is 5.82 Å². The van der Waals surface area contributed by atoms with Crippen LogP contribution < -0.4 is 20.1 Å². The van der Waals surface area contributed by atoms with E-state index in [0.29, 0.717) is 18.3 Å². The number of halogens is 2. The van der Waals surface area contributed by atoms with Crippen LogP contribution in [-0.2, 0) is 16.6 Å². The summed E-state index contributed by atoms with van der Waals surface area (Å²) < 4.78 is 45.4. The van der Waals surface area contributed by atoms with Crippen molar-refractivity contribution in [3.8, 4) is 5.75 Å². The summed E-state index contributed by atoms with van der Waals surface area (Å²) in [5, 5.41) is 6.03. The predicted molar refractivity (Wildman–Crippen MR) is 128 cm³/mol. The Kier molecular flexibility index (Phi) is 11.7. The number of hydrogen-bond acceptors (Lipinski definition) is 4. The van der Waals surface area contributed by atoms with Crippen molar-refractivity contribution in [1.29, 1.82) is 0 Å². The Morgan fingerprint density at radius 1 is 1.10 bits per heavy atom. The third-order valence-electron chi connectivity index (χ3n) is 3.93. The van der Waals surface area contributed by atoms with Gasteiger partial charge in [0.05, 0.1) is 12.3 Å². The highest BCUT2D eigenvalue weighted by Crippen LogP contribution is 2.12. The van der Waals surface area contributed by atoms with Gasteiger partial charge >= 0.3 is 0 Å². The molecule has 10 heteroatoms. The van der Waals surface area contributed by atoms with Crippen molar-refractivity contribution >= 4 is 40.0 Å². The highest BCUT2D eigenvalue weighted by Gasteiger charge is 2.11. The molecule has 1 unspecified atom stereocenters. The molecule has 2 aromatic rings. The summed E-state index contributed by atoms with van der Waals surface area (Å²) in [4.78, 5) is 4.07. The van der Waals surface area contributed by atoms with E-state index in [1.54, 1.807) is 19.2 Å². The Labute approximate surface area is 194 Å². The Morgan fingerprint density at radius 2 is 1.77 bits per heavy atom. The SMILES string of the molecule is CN=C(NCCS(=O)(=O)NCc1ccccc1)NCC(C)Oc1ccc(F)cc1.I. The van der Waals surface area contributed by atoms with Crippen molar-refractivity contribution in [2.75, 3.05) is 25.9 Å². The maximum Gasteiger partial charge on any atom is 0.213 e. The lowest BCUT2D eigenvalue weighted by molar-refractivity contribution is 0.223. The van der Waals surface area contributed by atoms with E-state index in [1.165, 1.54) is 12.1 Å². The molecule has 1 atom stereocenters. The fourth-order valence-electron chi connectivity index (χ4n) is 2.41. The van der Waals surface area contributed by atoms with Crippen LogP contribution in [0.25, 0.3) is 0 Å². The van der Waals surface area contributed by atoms with Crippen LogP contribution in [-0.4, -0.2) is 46.4 Å². The topological polar surface area (TPSA) is 91.8 Å². The molecule has 0 amide bonds. The monoisotopic (exact) mass is 550 g/mol. The van der Waals surface area contributed by atoms with Crippen molar-refractivity contribution in [2.45, 2.75) is 19.6 Å². The predicted octanol–water partition coefficient (Wildman–Crippen LogP) is 2.50. The van der Waals surface area contributed by atoms with E-state index in [1.807, 2.05) is 37.3 Å². The fraction of sp³-hybridized carbons (Fsp3) is 0.350. The zero-order valence-electron chi connectivity index (χ0n) is 17.0. The van der Waals surface area contributed by atoms with Gasteiger partial charge in [0, 0.05) is 20.1 Å². The normalized spacial score (nSPS) is 12.6. The second-order valence-corrected chi connectivity index (χ2v) is 8.31. The van der Waals surface area contributed by atoms with Crippen LogP contribution in [0.3, 0.4) is 0 Å². The van der Waals surface area contributed by atoms with Crippen molar-refractivity contribution in [1.82, 2.24) is 15.4 Å². The minimum Gasteiger partial charge on any atom is -0.489 e. The highest BCUT2D eigenvalue weighted by atomic mass is 127. The zero-order chi connectivity index (χ0) is 21.1. The van der Waals surface area contributed by atoms with Crippen LogP contribution in [0.4, 0.5) is 4.39 Å². The molecular formula is C20H28FIN4O3S. The third-order valence-corrected chi connectivity index (χ3v) is 5.26. The van der Waals surface area contributed by atoms with Crippen molar-refractivity contribution < 1.29 is 17.5 Å². The molecule has 0 heterocycles. The average Bonchev–Trinajstić information content (AvgIpc) is 2.71. The van der Waals surface area contributed by atoms with Gasteiger partial charge in [-0.3, -0.25) is 4.99 Å². The Morgan fingerprint density at radius 3 is 2.40 bits per heavy atom. The molecule has 0 saturated heterocycles. The van der Waals surface area contributed by atoms with Crippen molar-refractivity contribution in [3.63, 3.8) is 0 Å². The Bertz CT molecular complexity index is 881. The molecule has 2 aromatic carbocycles. The van der Waals surface area contributed by atoms with E-state index in [9.17, 15) is 12.8 Å². The molecular weight excluding hydrogens is 522 g/mol. The number of nitrogens with one attached hydrogen (secondary N) is 3. The molecule has 0 saturated carbocycles. The Balaban J connectivity index is 0.00000450. The summed E-state index contributed by atoms with van der Waals surface area (Å²) in [6, 6.07) is 15.1. The largest absolute Gasteiger partial charge is 0.489 e. The van der Waals surface area contributed by atoms with Gasteiger partial charge < -0.3 is 15.4 Å². The van der Waals surface area contributed by atoms with E-state index in [0.717, 1.165) is 5.56 Å². The number of aliphatic imine (C=N–C) groups is 1. The van der Waals surface area contributed by atoms with Gasteiger partial charge in [-0.1, -0.05) is 30.3 Å². The van der Waals surface area contributed by atoms with E-state index < -0.39 is 10.0 Å². The molecule has 166 valence electrons. The second-order valence-electron chi connectivity index (χ2n) is 6.39. The molecule has 0 aliphatic rings. The van der Waals surface area contributed by atoms with Gasteiger partial charge in [-0.25, -0.2) is 17.5 Å². The number of hydrogen-bond donors (Lipinski definition) is 3. The number of sulfonamides is 1. The first-order valence-corrected chi connectivity index (χ1v) is 10.9. The maximum absolute atomic E-state index is 12.9. The van der Waals surface area contributed by atoms with Crippen molar-refractivity contribution in [2.24, 2.45) is 4.99 Å². The van der Waals surface area contributed by atoms with Crippen molar-refractivity contribution in [3.05, 3.63) is 66.0 Å². The number of benzene rings is 2. The molecule has 0 radical (unpaired) electrons. The zero-order valence-corrected chi connectivity index (χ0v) is 20.1.